The molecule has 1 spiro atoms. The molecule has 1 heteroatoms. The summed E-state index contributed by atoms with van der Waals surface area (Å²) in [5, 5.41) is 0. The Bertz CT molecular complexity index is 3040. The van der Waals surface area contributed by atoms with E-state index in [0.717, 1.165) is 5.69 Å². The van der Waals surface area contributed by atoms with Crippen LogP contribution in [-0.2, 0) is 16.2 Å². The van der Waals surface area contributed by atoms with Gasteiger partial charge in [0.2, 0.25) is 0 Å². The van der Waals surface area contributed by atoms with Crippen LogP contribution in [0.1, 0.15) is 86.8 Å². The molecule has 4 aliphatic carbocycles. The molecule has 1 nitrogen and oxygen atoms in total. The van der Waals surface area contributed by atoms with Crippen molar-refractivity contribution in [2.24, 2.45) is 0 Å². The molecule has 8 aromatic carbocycles. The Morgan fingerprint density at radius 2 is 0.833 bits per heavy atom. The van der Waals surface area contributed by atoms with Gasteiger partial charge in [0.1, 0.15) is 0 Å². The molecule has 60 heavy (non-hydrogen) atoms. The van der Waals surface area contributed by atoms with E-state index in [1.54, 1.807) is 0 Å². The first kappa shape index (κ1) is 35.5. The fourth-order valence-electron chi connectivity index (χ4n) is 12.1. The van der Waals surface area contributed by atoms with Crippen molar-refractivity contribution < 1.29 is 0 Å². The number of hydrogen-bond acceptors (Lipinski definition) is 1. The normalized spacial score (nSPS) is 16.5. The second-order valence-corrected chi connectivity index (χ2v) is 18.8. The fourth-order valence-corrected chi connectivity index (χ4v) is 12.1. The highest BCUT2D eigenvalue weighted by Crippen LogP contribution is 2.60. The molecular weight excluding hydrogens is 723 g/mol. The Morgan fingerprint density at radius 3 is 1.52 bits per heavy atom. The van der Waals surface area contributed by atoms with Gasteiger partial charge in [-0.25, -0.2) is 0 Å². The lowest BCUT2D eigenvalue weighted by molar-refractivity contribution is 0.550. The van der Waals surface area contributed by atoms with E-state index < -0.39 is 0 Å². The number of benzene rings is 8. The summed E-state index contributed by atoms with van der Waals surface area (Å²) in [7, 11) is 0. The van der Waals surface area contributed by atoms with E-state index in [9.17, 15) is 0 Å². The van der Waals surface area contributed by atoms with Gasteiger partial charge in [0.05, 0.1) is 5.69 Å². The molecule has 0 amide bonds. The van der Waals surface area contributed by atoms with Crippen LogP contribution in [0, 0.1) is 0 Å². The first-order valence-electron chi connectivity index (χ1n) is 22.0. The monoisotopic (exact) mass is 771 g/mol. The van der Waals surface area contributed by atoms with Crippen LogP contribution in [0.3, 0.4) is 0 Å². The molecule has 4 aliphatic rings. The van der Waals surface area contributed by atoms with Crippen LogP contribution in [0.2, 0.25) is 0 Å². The zero-order valence-electron chi connectivity index (χ0n) is 35.0. The predicted molar refractivity (Wildman–Crippen MR) is 252 cm³/mol. The number of anilines is 3. The van der Waals surface area contributed by atoms with Gasteiger partial charge in [0, 0.05) is 33.2 Å². The topological polar surface area (TPSA) is 3.24 Å². The third-order valence-corrected chi connectivity index (χ3v) is 15.1. The third kappa shape index (κ3) is 4.87. The molecule has 0 radical (unpaired) electrons. The first-order valence-corrected chi connectivity index (χ1v) is 22.0. The van der Waals surface area contributed by atoms with Crippen LogP contribution >= 0.6 is 0 Å². The van der Waals surface area contributed by atoms with Crippen molar-refractivity contribution in [2.45, 2.75) is 69.6 Å². The molecule has 0 aromatic heterocycles. The lowest BCUT2D eigenvalue weighted by atomic mass is 9.76. The second kappa shape index (κ2) is 12.8. The van der Waals surface area contributed by atoms with Crippen LogP contribution in [0.25, 0.3) is 55.6 Å². The molecule has 12 rings (SSSR count). The van der Waals surface area contributed by atoms with E-state index in [-0.39, 0.29) is 16.2 Å². The molecule has 0 bridgehead atoms. The summed E-state index contributed by atoms with van der Waals surface area (Å²) in [5.41, 5.74) is 25.4. The second-order valence-electron chi connectivity index (χ2n) is 18.8. The van der Waals surface area contributed by atoms with Gasteiger partial charge in [-0.3, -0.25) is 0 Å². The smallest absolute Gasteiger partial charge is 0.0540 e. The Labute approximate surface area is 355 Å². The standard InChI is InChI=1S/C59H49N/c1-57(2)49-21-9-5-16-42(49)44-32-28-39(36-53(44)57)38-26-29-40(30-27-38)60(41-31-33-45-43-17-6-10-22-50(43)58(3,4)54(45)37-41)55-25-12-8-18-46(55)47-20-15-24-52-56(47)48-19-7-11-23-51(48)59(52)34-13-14-35-59/h5-12,15-33,36-37H,13-14,34-35H2,1-4H3. The van der Waals surface area contributed by atoms with Crippen LogP contribution in [-0.4, -0.2) is 0 Å². The van der Waals surface area contributed by atoms with E-state index in [4.69, 9.17) is 0 Å². The summed E-state index contributed by atoms with van der Waals surface area (Å²) >= 11 is 0. The molecule has 8 aromatic rings. The molecule has 1 fully saturated rings. The molecule has 290 valence electrons. The maximum atomic E-state index is 2.52. The quantitative estimate of drug-likeness (QED) is 0.168. The number of fused-ring (bicyclic) bond motifs is 11. The van der Waals surface area contributed by atoms with Crippen molar-refractivity contribution in [2.75, 3.05) is 4.90 Å². The third-order valence-electron chi connectivity index (χ3n) is 15.1. The van der Waals surface area contributed by atoms with Gasteiger partial charge in [0.15, 0.2) is 0 Å². The summed E-state index contributed by atoms with van der Waals surface area (Å²) in [6.07, 6.45) is 5.02. The summed E-state index contributed by atoms with van der Waals surface area (Å²) < 4.78 is 0. The number of para-hydroxylation sites is 1. The Hall–Kier alpha value is -6.44. The average molecular weight is 772 g/mol. The van der Waals surface area contributed by atoms with E-state index in [1.165, 1.54) is 126 Å². The van der Waals surface area contributed by atoms with Crippen LogP contribution in [0.4, 0.5) is 17.1 Å². The molecule has 0 atom stereocenters. The lowest BCUT2D eigenvalue weighted by Crippen LogP contribution is -2.20. The van der Waals surface area contributed by atoms with Gasteiger partial charge in [0.25, 0.3) is 0 Å². The van der Waals surface area contributed by atoms with Crippen molar-refractivity contribution in [3.63, 3.8) is 0 Å². The molecule has 0 heterocycles. The predicted octanol–water partition coefficient (Wildman–Crippen LogP) is 15.9. The van der Waals surface area contributed by atoms with Crippen LogP contribution in [0.5, 0.6) is 0 Å². The van der Waals surface area contributed by atoms with Crippen molar-refractivity contribution in [3.8, 4) is 55.6 Å². The Balaban J connectivity index is 1.03. The summed E-state index contributed by atoms with van der Waals surface area (Å²) in [6, 6.07) is 67.0. The van der Waals surface area contributed by atoms with Gasteiger partial charge in [-0.15, -0.1) is 0 Å². The lowest BCUT2D eigenvalue weighted by Gasteiger charge is -2.30. The van der Waals surface area contributed by atoms with Gasteiger partial charge in [-0.2, -0.15) is 0 Å². The maximum Gasteiger partial charge on any atom is 0.0540 e. The Morgan fingerprint density at radius 1 is 0.350 bits per heavy atom. The van der Waals surface area contributed by atoms with Crippen molar-refractivity contribution in [1.82, 2.24) is 0 Å². The summed E-state index contributed by atoms with van der Waals surface area (Å²) in [4.78, 5) is 2.52. The molecule has 0 unspecified atom stereocenters. The van der Waals surface area contributed by atoms with Crippen molar-refractivity contribution in [1.29, 1.82) is 0 Å². The van der Waals surface area contributed by atoms with Gasteiger partial charge in [-0.1, -0.05) is 180 Å². The van der Waals surface area contributed by atoms with Gasteiger partial charge in [-0.05, 0) is 133 Å². The molecule has 1 saturated carbocycles. The highest BCUT2D eigenvalue weighted by molar-refractivity contribution is 5.99. The highest BCUT2D eigenvalue weighted by Gasteiger charge is 2.46. The van der Waals surface area contributed by atoms with Gasteiger partial charge < -0.3 is 4.90 Å². The molecule has 0 N–H and O–H groups in total. The minimum absolute atomic E-state index is 0.0427. The summed E-state index contributed by atoms with van der Waals surface area (Å²) in [5.74, 6) is 0. The molecular formula is C59H49N. The SMILES string of the molecule is CC1(C)c2ccccc2-c2ccc(-c3ccc(N(c4ccc5c(c4)C(C)(C)c4ccccc4-5)c4ccccc4-c4cccc5c4-c4ccccc4C54CCCC4)cc3)cc21. The van der Waals surface area contributed by atoms with E-state index >= 15 is 0 Å². The summed E-state index contributed by atoms with van der Waals surface area (Å²) in [6.45, 7) is 9.50. The molecule has 0 saturated heterocycles. The van der Waals surface area contributed by atoms with Gasteiger partial charge >= 0.3 is 0 Å². The minimum atomic E-state index is -0.114. The van der Waals surface area contributed by atoms with Crippen LogP contribution in [0.15, 0.2) is 176 Å². The highest BCUT2D eigenvalue weighted by atomic mass is 15.1. The fraction of sp³-hybridized carbons (Fsp3) is 0.186. The zero-order valence-corrected chi connectivity index (χ0v) is 35.0. The number of hydrogen-bond donors (Lipinski definition) is 0. The van der Waals surface area contributed by atoms with E-state index in [2.05, 4.69) is 209 Å². The minimum Gasteiger partial charge on any atom is -0.310 e. The zero-order chi connectivity index (χ0) is 40.4. The largest absolute Gasteiger partial charge is 0.310 e. The van der Waals surface area contributed by atoms with E-state index in [0.29, 0.717) is 0 Å². The van der Waals surface area contributed by atoms with Crippen molar-refractivity contribution in [3.05, 3.63) is 209 Å². The van der Waals surface area contributed by atoms with Crippen molar-refractivity contribution >= 4 is 17.1 Å². The number of rotatable bonds is 5. The first-order chi connectivity index (χ1) is 29.3. The average Bonchev–Trinajstić information content (AvgIpc) is 4.01. The van der Waals surface area contributed by atoms with E-state index in [1.807, 2.05) is 0 Å². The Kier molecular flexibility index (Phi) is 7.56. The van der Waals surface area contributed by atoms with Crippen LogP contribution < -0.4 is 4.90 Å². The number of nitrogens with zero attached hydrogens (tertiary/aromatic N) is 1. The maximum absolute atomic E-state index is 2.52. The molecule has 0 aliphatic heterocycles.